The van der Waals surface area contributed by atoms with E-state index in [1.165, 1.54) is 24.0 Å². The van der Waals surface area contributed by atoms with E-state index in [0.29, 0.717) is 19.0 Å². The van der Waals surface area contributed by atoms with Crippen molar-refractivity contribution in [3.8, 4) is 0 Å². The minimum Gasteiger partial charge on any atom is -0.329 e. The molecule has 108 valence electrons. The number of carbonyl (C=O) groups excluding carboxylic acids is 1. The quantitative estimate of drug-likeness (QED) is 0.912. The zero-order chi connectivity index (χ0) is 14.1. The van der Waals surface area contributed by atoms with Crippen molar-refractivity contribution >= 4 is 11.6 Å². The molecule has 20 heavy (non-hydrogen) atoms. The number of hydrogen-bond donors (Lipinski definition) is 1. The molecule has 2 heterocycles. The molecule has 0 radical (unpaired) electrons. The maximum atomic E-state index is 11.7. The van der Waals surface area contributed by atoms with Crippen LogP contribution in [-0.2, 0) is 11.2 Å². The van der Waals surface area contributed by atoms with Gasteiger partial charge in [0.15, 0.2) is 0 Å². The Labute approximate surface area is 120 Å². The Bertz CT molecular complexity index is 508. The number of likely N-dealkylation sites (tertiary alicyclic amines) is 1. The zero-order valence-electron chi connectivity index (χ0n) is 12.1. The van der Waals surface area contributed by atoms with Crippen molar-refractivity contribution in [3.63, 3.8) is 0 Å². The van der Waals surface area contributed by atoms with E-state index in [1.807, 2.05) is 7.05 Å². The SMILES string of the molecule is CN1C(=O)CCc2cc(C(CN)N3CCCC3)ccc21. The first-order chi connectivity index (χ1) is 9.70. The Morgan fingerprint density at radius 1 is 1.25 bits per heavy atom. The van der Waals surface area contributed by atoms with Crippen molar-refractivity contribution in [2.45, 2.75) is 31.7 Å². The van der Waals surface area contributed by atoms with Crippen LogP contribution in [0.1, 0.15) is 36.4 Å². The predicted molar refractivity (Wildman–Crippen MR) is 80.8 cm³/mol. The van der Waals surface area contributed by atoms with Crippen molar-refractivity contribution in [1.82, 2.24) is 4.90 Å². The minimum absolute atomic E-state index is 0.208. The largest absolute Gasteiger partial charge is 0.329 e. The van der Waals surface area contributed by atoms with Gasteiger partial charge in [-0.2, -0.15) is 0 Å². The Morgan fingerprint density at radius 2 is 2.00 bits per heavy atom. The Balaban J connectivity index is 1.89. The molecule has 4 nitrogen and oxygen atoms in total. The summed E-state index contributed by atoms with van der Waals surface area (Å²) in [5.74, 6) is 0.208. The molecule has 2 N–H and O–H groups in total. The molecule has 0 aliphatic carbocycles. The van der Waals surface area contributed by atoms with Gasteiger partial charge < -0.3 is 10.6 Å². The summed E-state index contributed by atoms with van der Waals surface area (Å²) < 4.78 is 0. The first-order valence-corrected chi connectivity index (χ1v) is 7.54. The van der Waals surface area contributed by atoms with Crippen LogP contribution in [0.4, 0.5) is 5.69 Å². The molecule has 0 spiro atoms. The molecule has 0 aromatic heterocycles. The molecule has 1 unspecified atom stereocenters. The lowest BCUT2D eigenvalue weighted by Gasteiger charge is -2.30. The van der Waals surface area contributed by atoms with Gasteiger partial charge in [-0.1, -0.05) is 12.1 Å². The van der Waals surface area contributed by atoms with E-state index >= 15 is 0 Å². The Hall–Kier alpha value is -1.39. The van der Waals surface area contributed by atoms with Gasteiger partial charge in [-0.3, -0.25) is 9.69 Å². The van der Waals surface area contributed by atoms with Crippen LogP contribution in [0.5, 0.6) is 0 Å². The number of rotatable bonds is 3. The second-order valence-corrected chi connectivity index (χ2v) is 5.84. The molecule has 3 rings (SSSR count). The maximum Gasteiger partial charge on any atom is 0.227 e. The first kappa shape index (κ1) is 13.6. The van der Waals surface area contributed by atoms with Crippen molar-refractivity contribution in [3.05, 3.63) is 29.3 Å². The van der Waals surface area contributed by atoms with Gasteiger partial charge in [0.1, 0.15) is 0 Å². The molecule has 1 saturated heterocycles. The molecule has 2 aliphatic rings. The first-order valence-electron chi connectivity index (χ1n) is 7.54. The molecule has 1 amide bonds. The number of carbonyl (C=O) groups is 1. The van der Waals surface area contributed by atoms with Gasteiger partial charge in [-0.15, -0.1) is 0 Å². The zero-order valence-corrected chi connectivity index (χ0v) is 12.1. The van der Waals surface area contributed by atoms with Crippen LogP contribution in [0, 0.1) is 0 Å². The molecule has 0 saturated carbocycles. The predicted octanol–water partition coefficient (Wildman–Crippen LogP) is 1.69. The van der Waals surface area contributed by atoms with Gasteiger partial charge in [0.05, 0.1) is 0 Å². The van der Waals surface area contributed by atoms with Crippen LogP contribution in [0.2, 0.25) is 0 Å². The Morgan fingerprint density at radius 3 is 2.70 bits per heavy atom. The van der Waals surface area contributed by atoms with Crippen molar-refractivity contribution in [2.24, 2.45) is 5.73 Å². The standard InChI is InChI=1S/C16H23N3O/c1-18-14-6-4-13(10-12(14)5-7-16(18)20)15(11-17)19-8-2-3-9-19/h4,6,10,15H,2-3,5,7-9,11,17H2,1H3. The summed E-state index contributed by atoms with van der Waals surface area (Å²) in [6, 6.07) is 6.81. The van der Waals surface area contributed by atoms with E-state index in [2.05, 4.69) is 23.1 Å². The normalized spacial score (nSPS) is 21.1. The summed E-state index contributed by atoms with van der Waals surface area (Å²) >= 11 is 0. The second kappa shape index (κ2) is 5.54. The van der Waals surface area contributed by atoms with E-state index in [1.54, 1.807) is 4.90 Å². The fourth-order valence-electron chi connectivity index (χ4n) is 3.43. The molecule has 1 fully saturated rings. The molecular formula is C16H23N3O. The van der Waals surface area contributed by atoms with Gasteiger partial charge in [0.25, 0.3) is 0 Å². The van der Waals surface area contributed by atoms with Gasteiger partial charge in [0, 0.05) is 31.7 Å². The number of anilines is 1. The molecule has 1 aromatic carbocycles. The lowest BCUT2D eigenvalue weighted by atomic mass is 9.96. The highest BCUT2D eigenvalue weighted by Gasteiger charge is 2.25. The average Bonchev–Trinajstić information content (AvgIpc) is 2.98. The monoisotopic (exact) mass is 273 g/mol. The lowest BCUT2D eigenvalue weighted by Crippen LogP contribution is -2.33. The van der Waals surface area contributed by atoms with Crippen molar-refractivity contribution in [1.29, 1.82) is 0 Å². The van der Waals surface area contributed by atoms with E-state index in [0.717, 1.165) is 25.2 Å². The molecule has 2 aliphatic heterocycles. The molecular weight excluding hydrogens is 250 g/mol. The van der Waals surface area contributed by atoms with Crippen LogP contribution in [0.15, 0.2) is 18.2 Å². The summed E-state index contributed by atoms with van der Waals surface area (Å²) in [5, 5.41) is 0. The number of amides is 1. The van der Waals surface area contributed by atoms with Gasteiger partial charge >= 0.3 is 0 Å². The van der Waals surface area contributed by atoms with Crippen molar-refractivity contribution in [2.75, 3.05) is 31.6 Å². The molecule has 1 aromatic rings. The fourth-order valence-corrected chi connectivity index (χ4v) is 3.43. The van der Waals surface area contributed by atoms with Gasteiger partial charge in [0.2, 0.25) is 5.91 Å². The fraction of sp³-hybridized carbons (Fsp3) is 0.562. The average molecular weight is 273 g/mol. The van der Waals surface area contributed by atoms with Crippen LogP contribution in [-0.4, -0.2) is 37.5 Å². The molecule has 4 heteroatoms. The van der Waals surface area contributed by atoms with Gasteiger partial charge in [-0.05, 0) is 49.5 Å². The van der Waals surface area contributed by atoms with Crippen molar-refractivity contribution < 1.29 is 4.79 Å². The van der Waals surface area contributed by atoms with Crippen LogP contribution < -0.4 is 10.6 Å². The third-order valence-electron chi connectivity index (χ3n) is 4.64. The lowest BCUT2D eigenvalue weighted by molar-refractivity contribution is -0.118. The summed E-state index contributed by atoms with van der Waals surface area (Å²) in [5.41, 5.74) is 9.64. The van der Waals surface area contributed by atoms with E-state index in [-0.39, 0.29) is 5.91 Å². The highest BCUT2D eigenvalue weighted by molar-refractivity contribution is 5.95. The topological polar surface area (TPSA) is 49.6 Å². The van der Waals surface area contributed by atoms with E-state index < -0.39 is 0 Å². The van der Waals surface area contributed by atoms with Crippen LogP contribution in [0.25, 0.3) is 0 Å². The number of aryl methyl sites for hydroxylation is 1. The number of fused-ring (bicyclic) bond motifs is 1. The number of benzene rings is 1. The highest BCUT2D eigenvalue weighted by Crippen LogP contribution is 2.31. The third kappa shape index (κ3) is 2.34. The van der Waals surface area contributed by atoms with E-state index in [9.17, 15) is 4.79 Å². The summed E-state index contributed by atoms with van der Waals surface area (Å²) in [4.78, 5) is 16.0. The molecule has 1 atom stereocenters. The summed E-state index contributed by atoms with van der Waals surface area (Å²) in [7, 11) is 1.86. The number of nitrogens with two attached hydrogens (primary N) is 1. The molecule has 0 bridgehead atoms. The second-order valence-electron chi connectivity index (χ2n) is 5.84. The number of hydrogen-bond acceptors (Lipinski definition) is 3. The van der Waals surface area contributed by atoms with Crippen LogP contribution >= 0.6 is 0 Å². The highest BCUT2D eigenvalue weighted by atomic mass is 16.2. The summed E-state index contributed by atoms with van der Waals surface area (Å²) in [6.45, 7) is 2.96. The van der Waals surface area contributed by atoms with E-state index in [4.69, 9.17) is 5.73 Å². The van der Waals surface area contributed by atoms with Crippen LogP contribution in [0.3, 0.4) is 0 Å². The Kier molecular flexibility index (Phi) is 3.76. The third-order valence-corrected chi connectivity index (χ3v) is 4.64. The summed E-state index contributed by atoms with van der Waals surface area (Å²) in [6.07, 6.45) is 4.02. The maximum absolute atomic E-state index is 11.7. The number of nitrogens with zero attached hydrogens (tertiary/aromatic N) is 2. The smallest absolute Gasteiger partial charge is 0.227 e. The van der Waals surface area contributed by atoms with Gasteiger partial charge in [-0.25, -0.2) is 0 Å². The minimum atomic E-state index is 0.208.